The van der Waals surface area contributed by atoms with Gasteiger partial charge in [-0.05, 0) is 48.9 Å². The van der Waals surface area contributed by atoms with Gasteiger partial charge in [-0.2, -0.15) is 10.4 Å². The van der Waals surface area contributed by atoms with Crippen LogP contribution in [0, 0.1) is 11.5 Å². The van der Waals surface area contributed by atoms with Crippen molar-refractivity contribution in [3.63, 3.8) is 0 Å². The summed E-state index contributed by atoms with van der Waals surface area (Å²) in [5.41, 5.74) is 3.75. The molecule has 2 fully saturated rings. The standard InChI is InChI=1S/C22H22F3N7O3/c23-22(24,25)35-16-4-5-17(13-2-3-13)18(9-16)20-29-30-21(34-20)19(33)28-14-8-15(31(10-14)12-26)11-32-7-1-6-27-32/h1,4-7,9,13-15,21,30H,2-3,8,10-11H2,(H,28,33)/t14-,15+,21?/m1/s1. The van der Waals surface area contributed by atoms with Crippen LogP contribution in [0.15, 0.2) is 41.8 Å². The topological polar surface area (TPSA) is 117 Å². The van der Waals surface area contributed by atoms with Crippen LogP contribution in [0.4, 0.5) is 13.2 Å². The molecule has 10 nitrogen and oxygen atoms in total. The molecule has 2 aliphatic heterocycles. The van der Waals surface area contributed by atoms with Crippen LogP contribution in [0.1, 0.15) is 36.3 Å². The van der Waals surface area contributed by atoms with Crippen molar-refractivity contribution >= 4 is 11.8 Å². The number of benzene rings is 1. The van der Waals surface area contributed by atoms with Gasteiger partial charge in [0.1, 0.15) is 5.75 Å². The van der Waals surface area contributed by atoms with Gasteiger partial charge >= 0.3 is 6.36 Å². The van der Waals surface area contributed by atoms with E-state index in [0.29, 0.717) is 25.1 Å². The molecule has 1 saturated carbocycles. The van der Waals surface area contributed by atoms with Crippen LogP contribution in [0.2, 0.25) is 0 Å². The Labute approximate surface area is 198 Å². The first-order chi connectivity index (χ1) is 16.8. The zero-order valence-electron chi connectivity index (χ0n) is 18.4. The number of ether oxygens (including phenoxy) is 2. The summed E-state index contributed by atoms with van der Waals surface area (Å²) in [5.74, 6) is -0.642. The largest absolute Gasteiger partial charge is 0.573 e. The van der Waals surface area contributed by atoms with Crippen LogP contribution in [-0.4, -0.2) is 57.7 Å². The lowest BCUT2D eigenvalue weighted by Crippen LogP contribution is -2.46. The van der Waals surface area contributed by atoms with Crippen molar-refractivity contribution in [2.75, 3.05) is 6.54 Å². The summed E-state index contributed by atoms with van der Waals surface area (Å²) in [6.07, 6.45) is 2.00. The molecule has 2 aromatic rings. The fraction of sp³-hybridized carbons (Fsp3) is 0.455. The van der Waals surface area contributed by atoms with Crippen molar-refractivity contribution in [1.82, 2.24) is 25.4 Å². The third kappa shape index (κ3) is 5.26. The van der Waals surface area contributed by atoms with Gasteiger partial charge in [-0.15, -0.1) is 18.3 Å². The quantitative estimate of drug-likeness (QED) is 0.572. The second kappa shape index (κ2) is 9.01. The number of carbonyl (C=O) groups excluding carboxylic acids is 1. The molecule has 3 heterocycles. The maximum Gasteiger partial charge on any atom is 0.573 e. The molecule has 3 aliphatic rings. The Kier molecular flexibility index (Phi) is 5.88. The summed E-state index contributed by atoms with van der Waals surface area (Å²) in [6, 6.07) is 5.45. The van der Waals surface area contributed by atoms with Gasteiger partial charge in [-0.1, -0.05) is 6.07 Å². The van der Waals surface area contributed by atoms with Crippen LogP contribution in [-0.2, 0) is 16.1 Å². The number of hydrogen-bond acceptors (Lipinski definition) is 8. The normalized spacial score (nSPS) is 23.8. The minimum absolute atomic E-state index is 0.0290. The first-order valence-electron chi connectivity index (χ1n) is 11.1. The highest BCUT2D eigenvalue weighted by atomic mass is 19.4. The van der Waals surface area contributed by atoms with Crippen LogP contribution >= 0.6 is 0 Å². The highest BCUT2D eigenvalue weighted by molar-refractivity contribution is 5.99. The lowest BCUT2D eigenvalue weighted by Gasteiger charge is -2.17. The van der Waals surface area contributed by atoms with Gasteiger partial charge in [0.05, 0.1) is 12.6 Å². The number of carbonyl (C=O) groups is 1. The number of aromatic nitrogens is 2. The van der Waals surface area contributed by atoms with Gasteiger partial charge in [0.15, 0.2) is 6.19 Å². The first-order valence-corrected chi connectivity index (χ1v) is 11.1. The van der Waals surface area contributed by atoms with Gasteiger partial charge in [0.2, 0.25) is 5.90 Å². The van der Waals surface area contributed by atoms with E-state index in [0.717, 1.165) is 18.4 Å². The smallest absolute Gasteiger partial charge is 0.441 e. The van der Waals surface area contributed by atoms with Crippen LogP contribution in [0.3, 0.4) is 0 Å². The summed E-state index contributed by atoms with van der Waals surface area (Å²) in [4.78, 5) is 14.4. The SMILES string of the molecule is N#CN1C[C@H](NC(=O)C2NN=C(c3cc(OC(F)(F)F)ccc3C3CC3)O2)C[C@H]1Cn1cccn1. The van der Waals surface area contributed by atoms with E-state index in [4.69, 9.17) is 4.74 Å². The number of amides is 1. The fourth-order valence-corrected chi connectivity index (χ4v) is 4.40. The van der Waals surface area contributed by atoms with Crippen molar-refractivity contribution < 1.29 is 27.4 Å². The van der Waals surface area contributed by atoms with Crippen LogP contribution in [0.25, 0.3) is 0 Å². The molecular formula is C22H22F3N7O3. The zero-order valence-corrected chi connectivity index (χ0v) is 18.4. The monoisotopic (exact) mass is 489 g/mol. The highest BCUT2D eigenvalue weighted by Gasteiger charge is 2.38. The molecule has 184 valence electrons. The van der Waals surface area contributed by atoms with Gasteiger partial charge in [-0.3, -0.25) is 14.9 Å². The van der Waals surface area contributed by atoms with Crippen LogP contribution < -0.4 is 15.5 Å². The predicted octanol–water partition coefficient (Wildman–Crippen LogP) is 2.01. The fourth-order valence-electron chi connectivity index (χ4n) is 4.40. The molecule has 13 heteroatoms. The summed E-state index contributed by atoms with van der Waals surface area (Å²) >= 11 is 0. The Morgan fingerprint density at radius 2 is 2.20 bits per heavy atom. The second-order valence-electron chi connectivity index (χ2n) is 8.69. The molecule has 1 aliphatic carbocycles. The van der Waals surface area contributed by atoms with E-state index in [-0.39, 0.29) is 29.6 Å². The minimum atomic E-state index is -4.83. The molecule has 35 heavy (non-hydrogen) atoms. The molecule has 0 spiro atoms. The van der Waals surface area contributed by atoms with Crippen molar-refractivity contribution in [2.45, 2.75) is 56.4 Å². The van der Waals surface area contributed by atoms with Gasteiger partial charge in [0.25, 0.3) is 12.1 Å². The molecule has 5 rings (SSSR count). The van der Waals surface area contributed by atoms with Crippen molar-refractivity contribution in [2.24, 2.45) is 5.10 Å². The number of nitrogens with one attached hydrogen (secondary N) is 2. The number of hydrogen-bond donors (Lipinski definition) is 2. The number of nitrogens with zero attached hydrogens (tertiary/aromatic N) is 5. The van der Waals surface area contributed by atoms with E-state index in [2.05, 4.69) is 31.9 Å². The lowest BCUT2D eigenvalue weighted by atomic mass is 10.0. The van der Waals surface area contributed by atoms with E-state index in [1.54, 1.807) is 34.1 Å². The van der Waals surface area contributed by atoms with Gasteiger partial charge in [0, 0.05) is 30.5 Å². The lowest BCUT2D eigenvalue weighted by molar-refractivity contribution is -0.274. The van der Waals surface area contributed by atoms with E-state index in [9.17, 15) is 23.2 Å². The molecule has 2 N–H and O–H groups in total. The Morgan fingerprint density at radius 3 is 2.89 bits per heavy atom. The van der Waals surface area contributed by atoms with E-state index in [1.807, 2.05) is 0 Å². The Morgan fingerprint density at radius 1 is 1.37 bits per heavy atom. The molecule has 3 atom stereocenters. The number of hydrazone groups is 1. The summed E-state index contributed by atoms with van der Waals surface area (Å²) in [5, 5.41) is 20.5. The number of likely N-dealkylation sites (tertiary alicyclic amines) is 1. The molecule has 1 saturated heterocycles. The summed E-state index contributed by atoms with van der Waals surface area (Å²) in [7, 11) is 0. The number of alkyl halides is 3. The third-order valence-electron chi connectivity index (χ3n) is 6.10. The van der Waals surface area contributed by atoms with Gasteiger partial charge < -0.3 is 19.7 Å². The molecule has 1 amide bonds. The zero-order chi connectivity index (χ0) is 24.6. The minimum Gasteiger partial charge on any atom is -0.441 e. The molecule has 0 radical (unpaired) electrons. The van der Waals surface area contributed by atoms with Crippen molar-refractivity contribution in [1.29, 1.82) is 5.26 Å². The maximum atomic E-state index is 12.8. The molecule has 1 aromatic carbocycles. The predicted molar refractivity (Wildman–Crippen MR) is 115 cm³/mol. The van der Waals surface area contributed by atoms with E-state index >= 15 is 0 Å². The van der Waals surface area contributed by atoms with E-state index in [1.165, 1.54) is 12.1 Å². The number of nitriles is 1. The molecule has 0 bridgehead atoms. The first kappa shape index (κ1) is 22.8. The Bertz CT molecular complexity index is 1160. The van der Waals surface area contributed by atoms with E-state index < -0.39 is 18.5 Å². The maximum absolute atomic E-state index is 12.8. The number of halogens is 3. The van der Waals surface area contributed by atoms with Crippen molar-refractivity contribution in [3.05, 3.63) is 47.8 Å². The average Bonchev–Trinajstić information content (AvgIpc) is 3.18. The Hall–Kier alpha value is -3.95. The molecule has 1 aromatic heterocycles. The van der Waals surface area contributed by atoms with Crippen LogP contribution in [0.5, 0.6) is 5.75 Å². The molecule has 1 unspecified atom stereocenters. The third-order valence-corrected chi connectivity index (χ3v) is 6.10. The summed E-state index contributed by atoms with van der Waals surface area (Å²) in [6.45, 7) is 0.857. The molecular weight excluding hydrogens is 467 g/mol. The average molecular weight is 489 g/mol. The van der Waals surface area contributed by atoms with Crippen molar-refractivity contribution in [3.8, 4) is 11.9 Å². The highest BCUT2D eigenvalue weighted by Crippen LogP contribution is 2.43. The van der Waals surface area contributed by atoms with Gasteiger partial charge in [-0.25, -0.2) is 0 Å². The Balaban J connectivity index is 1.22. The summed E-state index contributed by atoms with van der Waals surface area (Å²) < 4.78 is 49.5. The number of rotatable bonds is 7. The second-order valence-corrected chi connectivity index (χ2v) is 8.69.